The zero-order valence-electron chi connectivity index (χ0n) is 34.6. The molecular weight excluding hydrogens is 744 g/mol. The lowest BCUT2D eigenvalue weighted by Crippen LogP contribution is -2.71. The first-order valence-corrected chi connectivity index (χ1v) is 21.2. The molecule has 0 aromatic rings. The van der Waals surface area contributed by atoms with Crippen molar-refractivity contribution in [1.29, 1.82) is 0 Å². The summed E-state index contributed by atoms with van der Waals surface area (Å²) in [5.41, 5.74) is -2.17. The molecule has 57 heavy (non-hydrogen) atoms. The first kappa shape index (κ1) is 45.7. The summed E-state index contributed by atoms with van der Waals surface area (Å²) in [6.45, 7) is 11.2. The Morgan fingerprint density at radius 3 is 1.91 bits per heavy atom. The molecule has 330 valence electrons. The van der Waals surface area contributed by atoms with Gasteiger partial charge in [0.25, 0.3) is 0 Å². The Morgan fingerprint density at radius 1 is 0.719 bits per heavy atom. The average molecular weight is 817 g/mol. The lowest BCUT2D eigenvalue weighted by atomic mass is 9.34. The molecule has 6 aliphatic rings. The summed E-state index contributed by atoms with van der Waals surface area (Å²) in [6, 6.07) is 0. The number of hydrogen-bond acceptors (Lipinski definition) is 15. The predicted molar refractivity (Wildman–Crippen MR) is 204 cm³/mol. The fourth-order valence-corrected chi connectivity index (χ4v) is 13.4. The van der Waals surface area contributed by atoms with E-state index in [1.165, 1.54) is 0 Å². The van der Waals surface area contributed by atoms with Crippen LogP contribution in [-0.2, 0) is 18.9 Å². The van der Waals surface area contributed by atoms with Gasteiger partial charge in [-0.3, -0.25) is 0 Å². The Kier molecular flexibility index (Phi) is 13.4. The van der Waals surface area contributed by atoms with Crippen LogP contribution in [0.25, 0.3) is 0 Å². The highest BCUT2D eigenvalue weighted by Crippen LogP contribution is 2.76. The molecule has 6 rings (SSSR count). The van der Waals surface area contributed by atoms with E-state index in [2.05, 4.69) is 27.7 Å². The molecule has 15 heteroatoms. The minimum absolute atomic E-state index is 0.00297. The minimum atomic E-state index is -1.63. The van der Waals surface area contributed by atoms with Crippen LogP contribution in [0.4, 0.5) is 0 Å². The molecule has 2 heterocycles. The van der Waals surface area contributed by atoms with Crippen molar-refractivity contribution in [3.05, 3.63) is 11.6 Å². The van der Waals surface area contributed by atoms with Gasteiger partial charge in [0.2, 0.25) is 0 Å². The van der Waals surface area contributed by atoms with Gasteiger partial charge in [0.1, 0.15) is 48.8 Å². The first-order chi connectivity index (χ1) is 26.7. The highest BCUT2D eigenvalue weighted by molar-refractivity contribution is 5.22. The van der Waals surface area contributed by atoms with Gasteiger partial charge in [-0.2, -0.15) is 0 Å². The summed E-state index contributed by atoms with van der Waals surface area (Å²) < 4.78 is 24.0. The van der Waals surface area contributed by atoms with Crippen LogP contribution >= 0.6 is 0 Å². The number of hydrogen-bond donors (Lipinski definition) is 11. The smallest absolute Gasteiger partial charge is 0.187 e. The summed E-state index contributed by atoms with van der Waals surface area (Å²) in [5, 5.41) is 118. The zero-order valence-corrected chi connectivity index (χ0v) is 34.6. The van der Waals surface area contributed by atoms with Crippen LogP contribution in [0.15, 0.2) is 11.6 Å². The Labute approximate surface area is 336 Å². The quantitative estimate of drug-likeness (QED) is 0.117. The van der Waals surface area contributed by atoms with Crippen LogP contribution < -0.4 is 0 Å². The molecule has 0 radical (unpaired) electrons. The second-order valence-corrected chi connectivity index (χ2v) is 19.9. The van der Waals surface area contributed by atoms with Gasteiger partial charge in [0, 0.05) is 5.41 Å². The van der Waals surface area contributed by atoms with Gasteiger partial charge in [-0.15, -0.1) is 0 Å². The maximum absolute atomic E-state index is 12.4. The molecule has 0 aromatic carbocycles. The Hall–Kier alpha value is -0.860. The van der Waals surface area contributed by atoms with Gasteiger partial charge in [-0.1, -0.05) is 39.3 Å². The number of ether oxygens (including phenoxy) is 4. The van der Waals surface area contributed by atoms with Crippen molar-refractivity contribution in [3.63, 3.8) is 0 Å². The number of allylic oxidation sites excluding steroid dienone is 1. The van der Waals surface area contributed by atoms with E-state index in [1.807, 2.05) is 19.9 Å². The lowest BCUT2D eigenvalue weighted by Gasteiger charge is -2.71. The number of rotatable bonds is 12. The average Bonchev–Trinajstić information content (AvgIpc) is 3.54. The van der Waals surface area contributed by atoms with E-state index in [0.717, 1.165) is 24.8 Å². The molecule has 6 fully saturated rings. The van der Waals surface area contributed by atoms with Crippen molar-refractivity contribution >= 4 is 0 Å². The van der Waals surface area contributed by atoms with Crippen LogP contribution in [-0.4, -0.2) is 162 Å². The topological polar surface area (TPSA) is 259 Å². The van der Waals surface area contributed by atoms with E-state index < -0.39 is 109 Å². The molecule has 20 atom stereocenters. The summed E-state index contributed by atoms with van der Waals surface area (Å²) in [6.07, 6.45) is -7.85. The van der Waals surface area contributed by atoms with Crippen LogP contribution in [0.1, 0.15) is 99.3 Å². The second kappa shape index (κ2) is 16.8. The number of aliphatic hydroxyl groups excluding tert-OH is 11. The van der Waals surface area contributed by atoms with Gasteiger partial charge in [-0.25, -0.2) is 0 Å². The number of fused-ring (bicyclic) bond motifs is 5. The fourth-order valence-electron chi connectivity index (χ4n) is 13.4. The molecule has 0 spiro atoms. The zero-order chi connectivity index (χ0) is 42.0. The number of aliphatic hydroxyl groups is 11. The largest absolute Gasteiger partial charge is 0.396 e. The maximum atomic E-state index is 12.4. The van der Waals surface area contributed by atoms with Crippen molar-refractivity contribution in [2.45, 2.75) is 179 Å². The Balaban J connectivity index is 1.27. The first-order valence-electron chi connectivity index (χ1n) is 21.2. The van der Waals surface area contributed by atoms with E-state index in [-0.39, 0.29) is 42.3 Å². The molecule has 0 bridgehead atoms. The van der Waals surface area contributed by atoms with Crippen molar-refractivity contribution in [3.8, 4) is 0 Å². The van der Waals surface area contributed by atoms with E-state index in [1.54, 1.807) is 0 Å². The fraction of sp³-hybridized carbons (Fsp3) is 0.952. The highest BCUT2D eigenvalue weighted by Gasteiger charge is 2.74. The lowest BCUT2D eigenvalue weighted by molar-refractivity contribution is -0.335. The summed E-state index contributed by atoms with van der Waals surface area (Å²) in [7, 11) is 0. The van der Waals surface area contributed by atoms with Crippen molar-refractivity contribution in [2.24, 2.45) is 45.3 Å². The monoisotopic (exact) mass is 816 g/mol. The molecule has 4 saturated carbocycles. The van der Waals surface area contributed by atoms with E-state index in [0.29, 0.717) is 38.5 Å². The standard InChI is InChI=1S/C42H72O15/c1-21(19-54-36-34(52)32(50)30(48)24(17-43)55-36)8-7-13-41(6,57-37-35(53)33(51)31(49)25(18-44)56-37)23-11-15-40(5)22(23)9-10-26-39(4)14-12-28(46)38(2,3)27(39)16-29(47)42(26,40)20-45/h8,22-37,43-53H,7,9-20H2,1-6H3. The van der Waals surface area contributed by atoms with Crippen molar-refractivity contribution in [2.75, 3.05) is 26.4 Å². The van der Waals surface area contributed by atoms with Crippen LogP contribution in [0.5, 0.6) is 0 Å². The normalized spacial score (nSPS) is 51.1. The Bertz CT molecular complexity index is 1410. The third-order valence-corrected chi connectivity index (χ3v) is 16.8. The summed E-state index contributed by atoms with van der Waals surface area (Å²) in [5.74, 6) is -0.0826. The van der Waals surface area contributed by atoms with Gasteiger partial charge >= 0.3 is 0 Å². The van der Waals surface area contributed by atoms with Gasteiger partial charge in [0.15, 0.2) is 12.6 Å². The van der Waals surface area contributed by atoms with Crippen molar-refractivity contribution in [1.82, 2.24) is 0 Å². The van der Waals surface area contributed by atoms with E-state index in [9.17, 15) is 56.2 Å². The molecule has 20 unspecified atom stereocenters. The predicted octanol–water partition coefficient (Wildman–Crippen LogP) is 0.0938. The van der Waals surface area contributed by atoms with Crippen LogP contribution in [0.3, 0.4) is 0 Å². The maximum Gasteiger partial charge on any atom is 0.187 e. The highest BCUT2D eigenvalue weighted by atomic mass is 16.7. The SMILES string of the molecule is CC(=CCCC(C)(OC1OC(CO)C(O)C(O)C1O)C1CCC2(C)C1CCC1C3(C)CCC(O)C(C)(C)C3CC(O)C12CO)COC1OC(CO)C(O)C(O)C1O. The molecular formula is C42H72O15. The molecule has 11 N–H and O–H groups in total. The summed E-state index contributed by atoms with van der Waals surface area (Å²) >= 11 is 0. The molecule has 0 aromatic heterocycles. The Morgan fingerprint density at radius 2 is 1.32 bits per heavy atom. The van der Waals surface area contributed by atoms with Gasteiger partial charge in [-0.05, 0) is 112 Å². The van der Waals surface area contributed by atoms with E-state index >= 15 is 0 Å². The molecule has 0 amide bonds. The minimum Gasteiger partial charge on any atom is -0.396 e. The third-order valence-electron chi connectivity index (χ3n) is 16.8. The molecule has 15 nitrogen and oxygen atoms in total. The van der Waals surface area contributed by atoms with Crippen LogP contribution in [0, 0.1) is 45.3 Å². The van der Waals surface area contributed by atoms with Crippen LogP contribution in [0.2, 0.25) is 0 Å². The van der Waals surface area contributed by atoms with Gasteiger partial charge < -0.3 is 75.1 Å². The van der Waals surface area contributed by atoms with E-state index in [4.69, 9.17) is 18.9 Å². The third kappa shape index (κ3) is 7.39. The molecule has 2 aliphatic heterocycles. The second-order valence-electron chi connectivity index (χ2n) is 19.9. The summed E-state index contributed by atoms with van der Waals surface area (Å²) in [4.78, 5) is 0. The van der Waals surface area contributed by atoms with Crippen molar-refractivity contribution < 1.29 is 75.1 Å². The molecule has 4 aliphatic carbocycles. The molecule has 2 saturated heterocycles. The van der Waals surface area contributed by atoms with Gasteiger partial charge in [0.05, 0.1) is 44.2 Å².